The van der Waals surface area contributed by atoms with Crippen LogP contribution >= 0.6 is 11.3 Å². The van der Waals surface area contributed by atoms with Crippen LogP contribution < -0.4 is 11.3 Å². The Balaban J connectivity index is 1.91. The third kappa shape index (κ3) is 3.54. The predicted octanol–water partition coefficient (Wildman–Crippen LogP) is 0.863. The molecular weight excluding hydrogens is 262 g/mol. The summed E-state index contributed by atoms with van der Waals surface area (Å²) in [5.74, 6) is 5.51. The van der Waals surface area contributed by atoms with Gasteiger partial charge in [-0.1, -0.05) is 0 Å². The molecule has 0 aliphatic heterocycles. The Bertz CT molecular complexity index is 455. The number of rotatable bonds is 5. The largest absolute Gasteiger partial charge is 0.393 e. The molecule has 1 heterocycles. The number of carbonyl (C=O) groups is 1. The standard InChI is InChI=1S/C13H21N3O2S/c1-8-10(5-12(19-8)13(18)15-14)7-16(2)6-9-3-11(17)4-9/h5,9,11,17H,3-4,6-7,14H2,1-2H3,(H,15,18). The number of nitrogens with one attached hydrogen (secondary N) is 1. The molecule has 1 aromatic heterocycles. The van der Waals surface area contributed by atoms with Crippen molar-refractivity contribution in [3.63, 3.8) is 0 Å². The molecule has 1 amide bonds. The average molecular weight is 283 g/mol. The van der Waals surface area contributed by atoms with E-state index in [9.17, 15) is 9.90 Å². The summed E-state index contributed by atoms with van der Waals surface area (Å²) in [6, 6.07) is 1.91. The second kappa shape index (κ2) is 6.00. The molecule has 1 aromatic rings. The average Bonchev–Trinajstić information content (AvgIpc) is 2.68. The van der Waals surface area contributed by atoms with E-state index in [1.165, 1.54) is 16.9 Å². The van der Waals surface area contributed by atoms with E-state index in [0.29, 0.717) is 10.8 Å². The molecule has 0 radical (unpaired) electrons. The van der Waals surface area contributed by atoms with E-state index in [-0.39, 0.29) is 12.0 Å². The summed E-state index contributed by atoms with van der Waals surface area (Å²) >= 11 is 1.47. The van der Waals surface area contributed by atoms with Crippen LogP contribution in [0.2, 0.25) is 0 Å². The van der Waals surface area contributed by atoms with E-state index in [0.717, 1.165) is 30.8 Å². The number of aliphatic hydroxyl groups is 1. The quantitative estimate of drug-likeness (QED) is 0.425. The molecule has 5 nitrogen and oxygen atoms in total. The Morgan fingerprint density at radius 3 is 2.89 bits per heavy atom. The number of thiophene rings is 1. The van der Waals surface area contributed by atoms with Crippen molar-refractivity contribution in [1.82, 2.24) is 10.3 Å². The normalized spacial score (nSPS) is 22.4. The molecule has 1 fully saturated rings. The fourth-order valence-electron chi connectivity index (χ4n) is 2.51. The number of nitrogens with zero attached hydrogens (tertiary/aromatic N) is 1. The second-order valence-electron chi connectivity index (χ2n) is 5.35. The number of carbonyl (C=O) groups excluding carboxylic acids is 1. The van der Waals surface area contributed by atoms with E-state index in [2.05, 4.69) is 17.4 Å². The lowest BCUT2D eigenvalue weighted by atomic mass is 9.82. The smallest absolute Gasteiger partial charge is 0.275 e. The van der Waals surface area contributed by atoms with Gasteiger partial charge in [0.25, 0.3) is 5.91 Å². The Morgan fingerprint density at radius 2 is 2.32 bits per heavy atom. The lowest BCUT2D eigenvalue weighted by molar-refractivity contribution is 0.0273. The monoisotopic (exact) mass is 283 g/mol. The maximum absolute atomic E-state index is 11.5. The van der Waals surface area contributed by atoms with Gasteiger partial charge in [0.05, 0.1) is 11.0 Å². The zero-order valence-corrected chi connectivity index (χ0v) is 12.2. The van der Waals surface area contributed by atoms with Crippen molar-refractivity contribution in [2.24, 2.45) is 11.8 Å². The molecule has 6 heteroatoms. The van der Waals surface area contributed by atoms with Gasteiger partial charge in [0.1, 0.15) is 0 Å². The van der Waals surface area contributed by atoms with Crippen molar-refractivity contribution >= 4 is 17.2 Å². The van der Waals surface area contributed by atoms with E-state index < -0.39 is 0 Å². The number of amides is 1. The van der Waals surface area contributed by atoms with Crippen molar-refractivity contribution in [3.05, 3.63) is 21.4 Å². The van der Waals surface area contributed by atoms with E-state index in [4.69, 9.17) is 5.84 Å². The lowest BCUT2D eigenvalue weighted by Crippen LogP contribution is -2.36. The highest BCUT2D eigenvalue weighted by Crippen LogP contribution is 2.29. The van der Waals surface area contributed by atoms with Crippen LogP contribution in [0.3, 0.4) is 0 Å². The van der Waals surface area contributed by atoms with Crippen molar-refractivity contribution in [3.8, 4) is 0 Å². The Kier molecular flexibility index (Phi) is 4.57. The van der Waals surface area contributed by atoms with Crippen molar-refractivity contribution in [2.75, 3.05) is 13.6 Å². The fraction of sp³-hybridized carbons (Fsp3) is 0.615. The summed E-state index contributed by atoms with van der Waals surface area (Å²) < 4.78 is 0. The molecule has 2 rings (SSSR count). The summed E-state index contributed by atoms with van der Waals surface area (Å²) in [7, 11) is 2.07. The van der Waals surface area contributed by atoms with Crippen LogP contribution in [-0.4, -0.2) is 35.6 Å². The zero-order valence-electron chi connectivity index (χ0n) is 11.3. The number of hydrazine groups is 1. The van der Waals surface area contributed by atoms with Crippen LogP contribution in [0.15, 0.2) is 6.07 Å². The first-order valence-corrected chi connectivity index (χ1v) is 7.28. The number of nitrogens with two attached hydrogens (primary N) is 1. The van der Waals surface area contributed by atoms with E-state index >= 15 is 0 Å². The Morgan fingerprint density at radius 1 is 1.63 bits per heavy atom. The summed E-state index contributed by atoms with van der Waals surface area (Å²) in [4.78, 5) is 15.5. The molecule has 0 spiro atoms. The maximum Gasteiger partial charge on any atom is 0.275 e. The van der Waals surface area contributed by atoms with Crippen LogP contribution in [0.25, 0.3) is 0 Å². The topological polar surface area (TPSA) is 78.6 Å². The van der Waals surface area contributed by atoms with Crippen LogP contribution in [0.5, 0.6) is 0 Å². The molecule has 106 valence electrons. The van der Waals surface area contributed by atoms with Gasteiger partial charge >= 0.3 is 0 Å². The maximum atomic E-state index is 11.5. The van der Waals surface area contributed by atoms with E-state index in [1.807, 2.05) is 13.0 Å². The van der Waals surface area contributed by atoms with Crippen LogP contribution in [0, 0.1) is 12.8 Å². The third-order valence-corrected chi connectivity index (χ3v) is 4.69. The summed E-state index contributed by atoms with van der Waals surface area (Å²) in [5.41, 5.74) is 3.33. The summed E-state index contributed by atoms with van der Waals surface area (Å²) in [5, 5.41) is 9.28. The minimum atomic E-state index is -0.232. The highest BCUT2D eigenvalue weighted by molar-refractivity contribution is 7.14. The van der Waals surface area contributed by atoms with Gasteiger partial charge in [-0.25, -0.2) is 5.84 Å². The minimum Gasteiger partial charge on any atom is -0.393 e. The molecule has 1 aliphatic carbocycles. The number of hydrogen-bond acceptors (Lipinski definition) is 5. The molecule has 1 aliphatic rings. The molecule has 0 atom stereocenters. The van der Waals surface area contributed by atoms with Gasteiger partial charge in [0.2, 0.25) is 0 Å². The van der Waals surface area contributed by atoms with Crippen molar-refractivity contribution < 1.29 is 9.90 Å². The third-order valence-electron chi connectivity index (χ3n) is 3.60. The van der Waals surface area contributed by atoms with Gasteiger partial charge in [-0.05, 0) is 44.4 Å². The molecule has 0 unspecified atom stereocenters. The predicted molar refractivity (Wildman–Crippen MR) is 75.8 cm³/mol. The number of aliphatic hydroxyl groups excluding tert-OH is 1. The van der Waals surface area contributed by atoms with Gasteiger partial charge in [-0.15, -0.1) is 11.3 Å². The number of nitrogen functional groups attached to an aromatic ring is 1. The molecular formula is C13H21N3O2S. The second-order valence-corrected chi connectivity index (χ2v) is 6.61. The first-order valence-electron chi connectivity index (χ1n) is 6.46. The molecule has 0 saturated heterocycles. The van der Waals surface area contributed by atoms with Crippen LogP contribution in [-0.2, 0) is 6.54 Å². The Labute approximate surface area is 117 Å². The molecule has 0 bridgehead atoms. The molecule has 4 N–H and O–H groups in total. The van der Waals surface area contributed by atoms with Crippen molar-refractivity contribution in [1.29, 1.82) is 0 Å². The van der Waals surface area contributed by atoms with Gasteiger partial charge in [0.15, 0.2) is 0 Å². The first-order chi connectivity index (χ1) is 8.99. The summed E-state index contributed by atoms with van der Waals surface area (Å²) in [6.45, 7) is 3.84. The minimum absolute atomic E-state index is 0.0962. The van der Waals surface area contributed by atoms with Crippen LogP contribution in [0.4, 0.5) is 0 Å². The fourth-order valence-corrected chi connectivity index (χ4v) is 3.44. The first kappa shape index (κ1) is 14.5. The molecule has 19 heavy (non-hydrogen) atoms. The highest BCUT2D eigenvalue weighted by atomic mass is 32.1. The van der Waals surface area contributed by atoms with Crippen molar-refractivity contribution in [2.45, 2.75) is 32.4 Å². The zero-order chi connectivity index (χ0) is 14.0. The number of hydrogen-bond donors (Lipinski definition) is 3. The number of aryl methyl sites for hydroxylation is 1. The van der Waals surface area contributed by atoms with Crippen LogP contribution in [0.1, 0.15) is 33.0 Å². The van der Waals surface area contributed by atoms with Gasteiger partial charge in [-0.2, -0.15) is 0 Å². The van der Waals surface area contributed by atoms with Gasteiger partial charge < -0.3 is 10.0 Å². The summed E-state index contributed by atoms with van der Waals surface area (Å²) in [6.07, 6.45) is 1.72. The van der Waals surface area contributed by atoms with E-state index in [1.54, 1.807) is 0 Å². The SMILES string of the molecule is Cc1sc(C(=O)NN)cc1CN(C)CC1CC(O)C1. The van der Waals surface area contributed by atoms with Gasteiger partial charge in [0, 0.05) is 18.0 Å². The molecule has 1 saturated carbocycles. The molecule has 0 aromatic carbocycles. The highest BCUT2D eigenvalue weighted by Gasteiger charge is 2.28. The lowest BCUT2D eigenvalue weighted by Gasteiger charge is -2.34. The van der Waals surface area contributed by atoms with Gasteiger partial charge in [-0.3, -0.25) is 10.2 Å². The Hall–Kier alpha value is -0.950.